The number of aromatic nitrogens is 2. The normalized spacial score (nSPS) is 15.4. The smallest absolute Gasteiger partial charge is 0.313 e. The van der Waals surface area contributed by atoms with E-state index in [1.807, 2.05) is 55.5 Å². The SMILES string of the molecule is Cc1cccc(C2(C(=O)NNc3nc(-c4ccccc4)no3)CCCC2)c1. The van der Waals surface area contributed by atoms with E-state index in [1.54, 1.807) is 0 Å². The predicted molar refractivity (Wildman–Crippen MR) is 103 cm³/mol. The highest BCUT2D eigenvalue weighted by atomic mass is 16.5. The van der Waals surface area contributed by atoms with Gasteiger partial charge in [-0.15, -0.1) is 0 Å². The summed E-state index contributed by atoms with van der Waals surface area (Å²) in [6.45, 7) is 2.05. The van der Waals surface area contributed by atoms with Crippen LogP contribution in [0.2, 0.25) is 0 Å². The van der Waals surface area contributed by atoms with Crippen LogP contribution in [0.15, 0.2) is 59.1 Å². The number of hydrazine groups is 1. The highest BCUT2D eigenvalue weighted by Crippen LogP contribution is 2.41. The number of carbonyl (C=O) groups excluding carboxylic acids is 1. The van der Waals surface area contributed by atoms with Crippen LogP contribution in [0.5, 0.6) is 0 Å². The van der Waals surface area contributed by atoms with Gasteiger partial charge >= 0.3 is 6.01 Å². The topological polar surface area (TPSA) is 80.0 Å². The van der Waals surface area contributed by atoms with Gasteiger partial charge in [0.1, 0.15) is 0 Å². The van der Waals surface area contributed by atoms with E-state index in [1.165, 1.54) is 0 Å². The van der Waals surface area contributed by atoms with Gasteiger partial charge in [-0.2, -0.15) is 4.98 Å². The third-order valence-electron chi connectivity index (χ3n) is 5.20. The van der Waals surface area contributed by atoms with Crippen LogP contribution >= 0.6 is 0 Å². The number of carbonyl (C=O) groups is 1. The molecule has 6 heteroatoms. The van der Waals surface area contributed by atoms with Crippen molar-refractivity contribution in [1.82, 2.24) is 15.6 Å². The second kappa shape index (κ2) is 7.23. The molecule has 1 saturated carbocycles. The quantitative estimate of drug-likeness (QED) is 0.671. The van der Waals surface area contributed by atoms with Crippen molar-refractivity contribution >= 4 is 11.9 Å². The van der Waals surface area contributed by atoms with E-state index < -0.39 is 5.41 Å². The van der Waals surface area contributed by atoms with Gasteiger partial charge in [0.2, 0.25) is 11.7 Å². The fourth-order valence-corrected chi connectivity index (χ4v) is 3.78. The first-order valence-electron chi connectivity index (χ1n) is 9.20. The Morgan fingerprint density at radius 3 is 2.59 bits per heavy atom. The summed E-state index contributed by atoms with van der Waals surface area (Å²) in [6, 6.07) is 17.9. The minimum absolute atomic E-state index is 0.0648. The van der Waals surface area contributed by atoms with Crippen molar-refractivity contribution < 1.29 is 9.32 Å². The van der Waals surface area contributed by atoms with Crippen molar-refractivity contribution in [3.05, 3.63) is 65.7 Å². The molecule has 138 valence electrons. The number of hydrogen-bond donors (Lipinski definition) is 2. The third-order valence-corrected chi connectivity index (χ3v) is 5.20. The molecule has 3 aromatic rings. The molecule has 0 spiro atoms. The Balaban J connectivity index is 1.49. The molecule has 0 aliphatic heterocycles. The molecule has 0 radical (unpaired) electrons. The summed E-state index contributed by atoms with van der Waals surface area (Å²) in [4.78, 5) is 17.4. The van der Waals surface area contributed by atoms with Crippen molar-refractivity contribution in [2.45, 2.75) is 38.0 Å². The van der Waals surface area contributed by atoms with Crippen LogP contribution in [0.3, 0.4) is 0 Å². The lowest BCUT2D eigenvalue weighted by Gasteiger charge is -2.28. The highest BCUT2D eigenvalue weighted by Gasteiger charge is 2.42. The molecular formula is C21H22N4O2. The molecular weight excluding hydrogens is 340 g/mol. The lowest BCUT2D eigenvalue weighted by Crippen LogP contribution is -2.45. The molecule has 1 amide bonds. The van der Waals surface area contributed by atoms with Gasteiger partial charge in [0.25, 0.3) is 0 Å². The van der Waals surface area contributed by atoms with Gasteiger partial charge in [0.15, 0.2) is 0 Å². The minimum Gasteiger partial charge on any atom is -0.313 e. The number of nitrogens with one attached hydrogen (secondary N) is 2. The number of nitrogens with zero attached hydrogens (tertiary/aromatic N) is 2. The summed E-state index contributed by atoms with van der Waals surface area (Å²) in [5, 5.41) is 3.95. The van der Waals surface area contributed by atoms with Crippen molar-refractivity contribution in [2.75, 3.05) is 5.43 Å². The van der Waals surface area contributed by atoms with Crippen LogP contribution in [-0.4, -0.2) is 16.0 Å². The van der Waals surface area contributed by atoms with E-state index >= 15 is 0 Å². The Bertz CT molecular complexity index is 930. The van der Waals surface area contributed by atoms with Gasteiger partial charge in [0.05, 0.1) is 5.41 Å². The van der Waals surface area contributed by atoms with E-state index in [2.05, 4.69) is 27.1 Å². The minimum atomic E-state index is -0.513. The van der Waals surface area contributed by atoms with E-state index in [9.17, 15) is 4.79 Å². The van der Waals surface area contributed by atoms with Gasteiger partial charge in [-0.3, -0.25) is 10.2 Å². The van der Waals surface area contributed by atoms with E-state index in [-0.39, 0.29) is 11.9 Å². The zero-order valence-electron chi connectivity index (χ0n) is 15.2. The average Bonchev–Trinajstić information content (AvgIpc) is 3.37. The number of amides is 1. The summed E-state index contributed by atoms with van der Waals surface area (Å²) >= 11 is 0. The summed E-state index contributed by atoms with van der Waals surface area (Å²) in [7, 11) is 0. The van der Waals surface area contributed by atoms with Crippen molar-refractivity contribution in [3.8, 4) is 11.4 Å². The number of aryl methyl sites for hydroxylation is 1. The first-order chi connectivity index (χ1) is 13.2. The molecule has 27 heavy (non-hydrogen) atoms. The highest BCUT2D eigenvalue weighted by molar-refractivity contribution is 5.89. The molecule has 1 aliphatic rings. The second-order valence-corrected chi connectivity index (χ2v) is 7.03. The van der Waals surface area contributed by atoms with Gasteiger partial charge in [-0.25, -0.2) is 5.43 Å². The molecule has 1 aromatic heterocycles. The van der Waals surface area contributed by atoms with E-state index in [4.69, 9.17) is 4.52 Å². The monoisotopic (exact) mass is 362 g/mol. The predicted octanol–water partition coefficient (Wildman–Crippen LogP) is 4.00. The molecule has 2 N–H and O–H groups in total. The summed E-state index contributed by atoms with van der Waals surface area (Å²) < 4.78 is 5.20. The molecule has 6 nitrogen and oxygen atoms in total. The standard InChI is InChI=1S/C21H22N4O2/c1-15-8-7-11-17(14-15)21(12-5-6-13-21)19(26)23-24-20-22-18(25-27-20)16-9-3-2-4-10-16/h2-4,7-11,14H,5-6,12-13H2,1H3,(H,23,26)(H,22,24,25). The number of hydrogen-bond acceptors (Lipinski definition) is 5. The molecule has 0 atom stereocenters. The molecule has 2 aromatic carbocycles. The van der Waals surface area contributed by atoms with Crippen molar-refractivity contribution in [1.29, 1.82) is 0 Å². The maximum atomic E-state index is 13.1. The zero-order valence-corrected chi connectivity index (χ0v) is 15.2. The Kier molecular flexibility index (Phi) is 4.62. The van der Waals surface area contributed by atoms with Gasteiger partial charge in [-0.1, -0.05) is 78.2 Å². The summed E-state index contributed by atoms with van der Waals surface area (Å²) in [6.07, 6.45) is 3.76. The van der Waals surface area contributed by atoms with E-state index in [0.29, 0.717) is 5.82 Å². The number of benzene rings is 2. The number of anilines is 1. The first kappa shape index (κ1) is 17.3. The molecule has 4 rings (SSSR count). The third kappa shape index (κ3) is 3.43. The number of rotatable bonds is 5. The Morgan fingerprint density at radius 2 is 1.85 bits per heavy atom. The molecule has 1 heterocycles. The molecule has 1 fully saturated rings. The Hall–Kier alpha value is -3.15. The first-order valence-corrected chi connectivity index (χ1v) is 9.20. The fraction of sp³-hybridized carbons (Fsp3) is 0.286. The van der Waals surface area contributed by atoms with Crippen LogP contribution in [0.25, 0.3) is 11.4 Å². The van der Waals surface area contributed by atoms with Crippen LogP contribution in [0.4, 0.5) is 6.01 Å². The van der Waals surface area contributed by atoms with Gasteiger partial charge < -0.3 is 4.52 Å². The largest absolute Gasteiger partial charge is 0.340 e. The average molecular weight is 362 g/mol. The lowest BCUT2D eigenvalue weighted by atomic mass is 9.77. The molecule has 1 aliphatic carbocycles. The van der Waals surface area contributed by atoms with Crippen molar-refractivity contribution in [2.24, 2.45) is 0 Å². The van der Waals surface area contributed by atoms with Crippen LogP contribution in [0.1, 0.15) is 36.8 Å². The Morgan fingerprint density at radius 1 is 1.07 bits per heavy atom. The van der Waals surface area contributed by atoms with E-state index in [0.717, 1.165) is 42.4 Å². The van der Waals surface area contributed by atoms with Crippen LogP contribution in [0, 0.1) is 6.92 Å². The molecule has 0 saturated heterocycles. The van der Waals surface area contributed by atoms with Crippen molar-refractivity contribution in [3.63, 3.8) is 0 Å². The summed E-state index contributed by atoms with van der Waals surface area (Å²) in [5.74, 6) is 0.409. The lowest BCUT2D eigenvalue weighted by molar-refractivity contribution is -0.126. The fourth-order valence-electron chi connectivity index (χ4n) is 3.78. The van der Waals surface area contributed by atoms with Crippen LogP contribution in [-0.2, 0) is 10.2 Å². The second-order valence-electron chi connectivity index (χ2n) is 7.03. The maximum Gasteiger partial charge on any atom is 0.340 e. The summed E-state index contributed by atoms with van der Waals surface area (Å²) in [5.41, 5.74) is 8.12. The molecule has 0 bridgehead atoms. The van der Waals surface area contributed by atoms with Gasteiger partial charge in [0, 0.05) is 5.56 Å². The zero-order chi connectivity index (χ0) is 18.7. The van der Waals surface area contributed by atoms with Gasteiger partial charge in [-0.05, 0) is 25.3 Å². The molecule has 0 unspecified atom stereocenters. The maximum absolute atomic E-state index is 13.1. The van der Waals surface area contributed by atoms with Crippen LogP contribution < -0.4 is 10.9 Å². The Labute approximate surface area is 158 Å².